The molecule has 2 rings (SSSR count). The summed E-state index contributed by atoms with van der Waals surface area (Å²) >= 11 is 1.31. The lowest BCUT2D eigenvalue weighted by Gasteiger charge is -2.19. The number of likely N-dealkylation sites (tertiary alicyclic amines) is 1. The van der Waals surface area contributed by atoms with Crippen LogP contribution in [0.3, 0.4) is 0 Å². The van der Waals surface area contributed by atoms with Gasteiger partial charge in [0, 0.05) is 25.5 Å². The molecule has 1 aromatic rings. The number of nitrogens with zero attached hydrogens (tertiary/aromatic N) is 2. The Kier molecular flexibility index (Phi) is 3.39. The molecule has 1 aliphatic heterocycles. The van der Waals surface area contributed by atoms with Crippen molar-refractivity contribution in [1.82, 2.24) is 9.88 Å². The molecule has 0 aromatic carbocycles. The first-order valence-electron chi connectivity index (χ1n) is 5.08. The standard InChI is InChI=1S/C10H12N2O4S/c1-16-6-2-8(10(14)15)12(3-6)9(13)7-4-17-5-11-7/h4-6,8H,2-3H2,1H3,(H,14,15). The van der Waals surface area contributed by atoms with Crippen molar-refractivity contribution in [2.75, 3.05) is 13.7 Å². The lowest BCUT2D eigenvalue weighted by atomic mass is 10.2. The van der Waals surface area contributed by atoms with E-state index < -0.39 is 12.0 Å². The number of hydrogen-bond acceptors (Lipinski definition) is 5. The van der Waals surface area contributed by atoms with Gasteiger partial charge in [-0.15, -0.1) is 11.3 Å². The van der Waals surface area contributed by atoms with Crippen LogP contribution in [-0.2, 0) is 9.53 Å². The van der Waals surface area contributed by atoms with Crippen molar-refractivity contribution in [3.05, 3.63) is 16.6 Å². The number of hydrogen-bond donors (Lipinski definition) is 1. The number of amides is 1. The van der Waals surface area contributed by atoms with Crippen molar-refractivity contribution in [1.29, 1.82) is 0 Å². The molecule has 0 spiro atoms. The number of thiazole rings is 1. The third-order valence-corrected chi connectivity index (χ3v) is 3.38. The van der Waals surface area contributed by atoms with Crippen LogP contribution < -0.4 is 0 Å². The molecule has 17 heavy (non-hydrogen) atoms. The highest BCUT2D eigenvalue weighted by Crippen LogP contribution is 2.22. The van der Waals surface area contributed by atoms with E-state index in [2.05, 4.69) is 4.98 Å². The number of methoxy groups -OCH3 is 1. The maximum Gasteiger partial charge on any atom is 0.326 e. The van der Waals surface area contributed by atoms with Gasteiger partial charge in [0.2, 0.25) is 0 Å². The fourth-order valence-electron chi connectivity index (χ4n) is 1.89. The number of carboxylic acid groups (broad SMARTS) is 1. The quantitative estimate of drug-likeness (QED) is 0.849. The van der Waals surface area contributed by atoms with Crippen LogP contribution in [0, 0.1) is 0 Å². The van der Waals surface area contributed by atoms with Crippen LogP contribution >= 0.6 is 11.3 Å². The first-order valence-corrected chi connectivity index (χ1v) is 6.02. The van der Waals surface area contributed by atoms with Crippen LogP contribution in [-0.4, -0.2) is 52.7 Å². The SMILES string of the molecule is COC1CC(C(=O)O)N(C(=O)c2cscn2)C1. The van der Waals surface area contributed by atoms with Gasteiger partial charge in [-0.3, -0.25) is 4.79 Å². The van der Waals surface area contributed by atoms with Crippen LogP contribution in [0.2, 0.25) is 0 Å². The summed E-state index contributed by atoms with van der Waals surface area (Å²) < 4.78 is 5.11. The van der Waals surface area contributed by atoms with E-state index in [4.69, 9.17) is 9.84 Å². The van der Waals surface area contributed by atoms with Gasteiger partial charge >= 0.3 is 5.97 Å². The topological polar surface area (TPSA) is 79.7 Å². The van der Waals surface area contributed by atoms with Gasteiger partial charge in [0.15, 0.2) is 0 Å². The molecule has 7 heteroatoms. The van der Waals surface area contributed by atoms with Crippen LogP contribution in [0.5, 0.6) is 0 Å². The Morgan fingerprint density at radius 3 is 2.94 bits per heavy atom. The Balaban J connectivity index is 2.18. The summed E-state index contributed by atoms with van der Waals surface area (Å²) in [4.78, 5) is 28.3. The van der Waals surface area contributed by atoms with Gasteiger partial charge in [-0.25, -0.2) is 9.78 Å². The largest absolute Gasteiger partial charge is 0.480 e. The van der Waals surface area contributed by atoms with E-state index in [0.29, 0.717) is 13.0 Å². The minimum Gasteiger partial charge on any atom is -0.480 e. The van der Waals surface area contributed by atoms with Crippen molar-refractivity contribution < 1.29 is 19.4 Å². The average Bonchev–Trinajstić information content (AvgIpc) is 2.97. The van der Waals surface area contributed by atoms with Crippen molar-refractivity contribution in [3.63, 3.8) is 0 Å². The maximum absolute atomic E-state index is 12.0. The molecule has 0 radical (unpaired) electrons. The number of rotatable bonds is 3. The first kappa shape index (κ1) is 12.0. The number of carbonyl (C=O) groups is 2. The predicted octanol–water partition coefficient (Wildman–Crippen LogP) is 0.457. The second-order valence-corrected chi connectivity index (χ2v) is 4.50. The summed E-state index contributed by atoms with van der Waals surface area (Å²) in [7, 11) is 1.51. The Hall–Kier alpha value is -1.47. The fraction of sp³-hybridized carbons (Fsp3) is 0.500. The third-order valence-electron chi connectivity index (χ3n) is 2.79. The van der Waals surface area contributed by atoms with Gasteiger partial charge in [0.25, 0.3) is 5.91 Å². The lowest BCUT2D eigenvalue weighted by Crippen LogP contribution is -2.40. The van der Waals surface area contributed by atoms with Crippen LogP contribution in [0.15, 0.2) is 10.9 Å². The normalized spacial score (nSPS) is 23.9. The number of aromatic nitrogens is 1. The smallest absolute Gasteiger partial charge is 0.326 e. The summed E-state index contributed by atoms with van der Waals surface area (Å²) in [5.41, 5.74) is 1.84. The molecule has 2 atom stereocenters. The van der Waals surface area contributed by atoms with E-state index in [1.54, 1.807) is 10.9 Å². The van der Waals surface area contributed by atoms with E-state index in [9.17, 15) is 9.59 Å². The Bertz CT molecular complexity index is 420. The van der Waals surface area contributed by atoms with E-state index in [0.717, 1.165) is 0 Å². The molecule has 92 valence electrons. The summed E-state index contributed by atoms with van der Waals surface area (Å²) in [6.45, 7) is 0.295. The zero-order valence-corrected chi connectivity index (χ0v) is 10.0. The molecule has 1 fully saturated rings. The van der Waals surface area contributed by atoms with E-state index >= 15 is 0 Å². The second-order valence-electron chi connectivity index (χ2n) is 3.78. The first-order chi connectivity index (χ1) is 8.13. The Morgan fingerprint density at radius 1 is 1.65 bits per heavy atom. The second kappa shape index (κ2) is 4.80. The van der Waals surface area contributed by atoms with Gasteiger partial charge in [-0.1, -0.05) is 0 Å². The van der Waals surface area contributed by atoms with Crippen molar-refractivity contribution in [3.8, 4) is 0 Å². The molecule has 0 aliphatic carbocycles. The van der Waals surface area contributed by atoms with Crippen molar-refractivity contribution in [2.45, 2.75) is 18.6 Å². The molecule has 1 saturated heterocycles. The molecule has 0 bridgehead atoms. The summed E-state index contributed by atoms with van der Waals surface area (Å²) in [5, 5.41) is 10.7. The average molecular weight is 256 g/mol. The molecule has 1 aromatic heterocycles. The molecular formula is C10H12N2O4S. The van der Waals surface area contributed by atoms with Gasteiger partial charge in [-0.05, 0) is 0 Å². The van der Waals surface area contributed by atoms with Crippen LogP contribution in [0.25, 0.3) is 0 Å². The number of carbonyl (C=O) groups excluding carboxylic acids is 1. The highest BCUT2D eigenvalue weighted by molar-refractivity contribution is 7.07. The monoisotopic (exact) mass is 256 g/mol. The minimum absolute atomic E-state index is 0.223. The van der Waals surface area contributed by atoms with Crippen LogP contribution in [0.4, 0.5) is 0 Å². The zero-order chi connectivity index (χ0) is 12.4. The van der Waals surface area contributed by atoms with E-state index in [1.807, 2.05) is 0 Å². The minimum atomic E-state index is -1.01. The lowest BCUT2D eigenvalue weighted by molar-refractivity contribution is -0.141. The summed E-state index contributed by atoms with van der Waals surface area (Å²) in [5.74, 6) is -1.36. The Labute approximate surface area is 102 Å². The van der Waals surface area contributed by atoms with Gasteiger partial charge in [0.05, 0.1) is 11.6 Å². The van der Waals surface area contributed by atoms with Gasteiger partial charge in [0.1, 0.15) is 11.7 Å². The summed E-state index contributed by atoms with van der Waals surface area (Å²) in [6, 6.07) is -0.825. The predicted molar refractivity (Wildman–Crippen MR) is 60.0 cm³/mol. The van der Waals surface area contributed by atoms with Crippen molar-refractivity contribution in [2.24, 2.45) is 0 Å². The van der Waals surface area contributed by atoms with Crippen LogP contribution in [0.1, 0.15) is 16.9 Å². The van der Waals surface area contributed by atoms with Crippen molar-refractivity contribution >= 4 is 23.2 Å². The molecule has 6 nitrogen and oxygen atoms in total. The zero-order valence-electron chi connectivity index (χ0n) is 9.20. The highest BCUT2D eigenvalue weighted by Gasteiger charge is 2.40. The number of ether oxygens (including phenoxy) is 1. The Morgan fingerprint density at radius 2 is 2.41 bits per heavy atom. The van der Waals surface area contributed by atoms with E-state index in [1.165, 1.54) is 23.3 Å². The summed E-state index contributed by atoms with van der Waals surface area (Å²) in [6.07, 6.45) is 0.0977. The molecular weight excluding hydrogens is 244 g/mol. The maximum atomic E-state index is 12.0. The fourth-order valence-corrected chi connectivity index (χ4v) is 2.42. The highest BCUT2D eigenvalue weighted by atomic mass is 32.1. The molecule has 2 unspecified atom stereocenters. The molecule has 1 aliphatic rings. The van der Waals surface area contributed by atoms with E-state index in [-0.39, 0.29) is 17.7 Å². The molecule has 0 saturated carbocycles. The third kappa shape index (κ3) is 2.29. The molecule has 1 N–H and O–H groups in total. The number of carboxylic acids is 1. The van der Waals surface area contributed by atoms with Gasteiger partial charge in [-0.2, -0.15) is 0 Å². The molecule has 1 amide bonds. The number of aliphatic carboxylic acids is 1. The van der Waals surface area contributed by atoms with Gasteiger partial charge < -0.3 is 14.7 Å². The molecule has 2 heterocycles.